The van der Waals surface area contributed by atoms with Crippen LogP contribution in [-0.2, 0) is 0 Å². The van der Waals surface area contributed by atoms with Gasteiger partial charge in [0.25, 0.3) is 0 Å². The lowest BCUT2D eigenvalue weighted by molar-refractivity contribution is 0.193. The van der Waals surface area contributed by atoms with Crippen LogP contribution >= 0.6 is 0 Å². The van der Waals surface area contributed by atoms with Crippen molar-refractivity contribution >= 4 is 17.4 Å². The summed E-state index contributed by atoms with van der Waals surface area (Å²) in [6.07, 6.45) is 3.34. The summed E-state index contributed by atoms with van der Waals surface area (Å²) in [5.41, 5.74) is 1.92. The fourth-order valence-corrected chi connectivity index (χ4v) is 3.07. The van der Waals surface area contributed by atoms with Gasteiger partial charge >= 0.3 is 6.03 Å². The first-order valence-electron chi connectivity index (χ1n) is 8.78. The third-order valence-electron chi connectivity index (χ3n) is 4.88. The van der Waals surface area contributed by atoms with Crippen molar-refractivity contribution in [2.45, 2.75) is 38.6 Å². The highest BCUT2D eigenvalue weighted by molar-refractivity contribution is 5.90. The molecule has 2 aromatic rings. The van der Waals surface area contributed by atoms with Crippen molar-refractivity contribution in [1.29, 1.82) is 0 Å². The van der Waals surface area contributed by atoms with Crippen LogP contribution in [0.4, 0.5) is 16.2 Å². The monoisotopic (exact) mass is 342 g/mol. The topological polar surface area (TPSA) is 77.2 Å². The summed E-state index contributed by atoms with van der Waals surface area (Å²) in [7, 11) is 2.06. The van der Waals surface area contributed by atoms with E-state index in [2.05, 4.69) is 52.4 Å². The number of aromatic amines is 1. The molecule has 7 nitrogen and oxygen atoms in total. The minimum atomic E-state index is -0.0413. The van der Waals surface area contributed by atoms with Gasteiger partial charge in [0.15, 0.2) is 0 Å². The first kappa shape index (κ1) is 17.3. The minimum absolute atomic E-state index is 0.0413. The molecule has 1 saturated heterocycles. The molecule has 2 amide bonds. The Morgan fingerprint density at radius 2 is 2.12 bits per heavy atom. The zero-order valence-corrected chi connectivity index (χ0v) is 15.1. The van der Waals surface area contributed by atoms with E-state index in [-0.39, 0.29) is 6.03 Å². The molecular weight excluding hydrogens is 316 g/mol. The zero-order valence-electron chi connectivity index (χ0n) is 15.1. The molecule has 1 aromatic carbocycles. The van der Waals surface area contributed by atoms with Gasteiger partial charge in [0.2, 0.25) is 0 Å². The van der Waals surface area contributed by atoms with Crippen molar-refractivity contribution in [2.24, 2.45) is 0 Å². The van der Waals surface area contributed by atoms with Crippen molar-refractivity contribution in [2.75, 3.05) is 30.4 Å². The number of carbonyl (C=O) groups excluding carboxylic acids is 1. The molecule has 134 valence electrons. The van der Waals surface area contributed by atoms with Crippen molar-refractivity contribution in [1.82, 2.24) is 20.1 Å². The lowest BCUT2D eigenvalue weighted by atomic mass is 9.96. The lowest BCUT2D eigenvalue weighted by Crippen LogP contribution is -2.40. The van der Waals surface area contributed by atoms with Gasteiger partial charge in [-0.25, -0.2) is 9.78 Å². The Hall–Kier alpha value is -2.57. The van der Waals surface area contributed by atoms with Crippen LogP contribution in [0.3, 0.4) is 0 Å². The molecule has 1 aliphatic heterocycles. The molecule has 0 spiro atoms. The third-order valence-corrected chi connectivity index (χ3v) is 4.88. The molecule has 1 aliphatic rings. The normalized spacial score (nSPS) is 15.4. The summed E-state index contributed by atoms with van der Waals surface area (Å²) in [4.78, 5) is 20.8. The summed E-state index contributed by atoms with van der Waals surface area (Å²) in [6, 6.07) is 8.33. The molecule has 0 radical (unpaired) electrons. The number of nitrogens with zero attached hydrogens (tertiary/aromatic N) is 4. The van der Waals surface area contributed by atoms with E-state index in [0.29, 0.717) is 12.0 Å². The van der Waals surface area contributed by atoms with Gasteiger partial charge in [0.1, 0.15) is 12.2 Å². The van der Waals surface area contributed by atoms with Gasteiger partial charge in [-0.2, -0.15) is 5.10 Å². The number of nitrogens with one attached hydrogen (secondary N) is 2. The van der Waals surface area contributed by atoms with Crippen molar-refractivity contribution in [3.63, 3.8) is 0 Å². The average molecular weight is 342 g/mol. The highest BCUT2D eigenvalue weighted by Crippen LogP contribution is 2.26. The molecule has 1 aromatic heterocycles. The molecule has 2 heterocycles. The second-order valence-corrected chi connectivity index (χ2v) is 6.82. The Morgan fingerprint density at radius 1 is 1.36 bits per heavy atom. The van der Waals surface area contributed by atoms with Crippen LogP contribution in [0.15, 0.2) is 30.6 Å². The molecule has 0 atom stereocenters. The Bertz CT molecular complexity index is 691. The largest absolute Gasteiger partial charge is 0.372 e. The quantitative estimate of drug-likeness (QED) is 0.895. The summed E-state index contributed by atoms with van der Waals surface area (Å²) >= 11 is 0. The predicted molar refractivity (Wildman–Crippen MR) is 98.9 cm³/mol. The summed E-state index contributed by atoms with van der Waals surface area (Å²) < 4.78 is 0. The van der Waals surface area contributed by atoms with Crippen molar-refractivity contribution < 1.29 is 4.79 Å². The van der Waals surface area contributed by atoms with Crippen LogP contribution < -0.4 is 10.2 Å². The van der Waals surface area contributed by atoms with E-state index in [1.54, 1.807) is 0 Å². The number of urea groups is 1. The predicted octanol–water partition coefficient (Wildman–Crippen LogP) is 3.06. The Balaban J connectivity index is 1.57. The van der Waals surface area contributed by atoms with E-state index in [0.717, 1.165) is 43.1 Å². The average Bonchev–Trinajstić information content (AvgIpc) is 3.16. The van der Waals surface area contributed by atoms with Gasteiger partial charge in [0.05, 0.1) is 0 Å². The lowest BCUT2D eigenvalue weighted by Gasteiger charge is -2.31. The number of anilines is 2. The van der Waals surface area contributed by atoms with Gasteiger partial charge in [-0.05, 0) is 44.9 Å². The molecule has 1 fully saturated rings. The number of amides is 2. The summed E-state index contributed by atoms with van der Waals surface area (Å²) in [5.74, 6) is 1.28. The number of benzene rings is 1. The van der Waals surface area contributed by atoms with E-state index >= 15 is 0 Å². The summed E-state index contributed by atoms with van der Waals surface area (Å²) in [5, 5.41) is 9.86. The maximum absolute atomic E-state index is 12.5. The molecule has 7 heteroatoms. The molecule has 0 bridgehead atoms. The van der Waals surface area contributed by atoms with Gasteiger partial charge in [-0.15, -0.1) is 0 Å². The van der Waals surface area contributed by atoms with E-state index in [1.807, 2.05) is 23.1 Å². The highest BCUT2D eigenvalue weighted by atomic mass is 16.2. The maximum atomic E-state index is 12.5. The van der Waals surface area contributed by atoms with Crippen LogP contribution in [0.25, 0.3) is 0 Å². The van der Waals surface area contributed by atoms with Gasteiger partial charge in [-0.1, -0.05) is 6.07 Å². The van der Waals surface area contributed by atoms with E-state index in [4.69, 9.17) is 0 Å². The van der Waals surface area contributed by atoms with Gasteiger partial charge < -0.3 is 15.1 Å². The smallest absolute Gasteiger partial charge is 0.321 e. The van der Waals surface area contributed by atoms with E-state index < -0.39 is 0 Å². The Kier molecular flexibility index (Phi) is 5.21. The zero-order chi connectivity index (χ0) is 17.8. The number of H-pyrrole nitrogens is 1. The molecule has 0 unspecified atom stereocenters. The number of carbonyl (C=O) groups is 1. The van der Waals surface area contributed by atoms with Gasteiger partial charge in [-0.3, -0.25) is 5.10 Å². The first-order chi connectivity index (χ1) is 12.0. The molecule has 3 rings (SSSR count). The molecular formula is C18H26N6O. The van der Waals surface area contributed by atoms with Crippen LogP contribution in [0.1, 0.15) is 38.4 Å². The fraction of sp³-hybridized carbons (Fsp3) is 0.500. The number of likely N-dealkylation sites (tertiary alicyclic amines) is 1. The van der Waals surface area contributed by atoms with E-state index in [1.165, 1.54) is 6.33 Å². The highest BCUT2D eigenvalue weighted by Gasteiger charge is 2.25. The number of piperidine rings is 1. The number of aromatic nitrogens is 3. The third kappa shape index (κ3) is 4.10. The standard InChI is InChI=1S/C18H26N6O/c1-13(2)23(3)16-6-4-5-15(11-16)21-18(25)24-9-7-14(8-10-24)17-19-12-20-22-17/h4-6,11-14H,7-10H2,1-3H3,(H,21,25)(H,19,20,22). The number of hydrogen-bond acceptors (Lipinski definition) is 4. The van der Waals surface area contributed by atoms with Crippen LogP contribution in [0.2, 0.25) is 0 Å². The second kappa shape index (κ2) is 7.55. The fourth-order valence-electron chi connectivity index (χ4n) is 3.07. The van der Waals surface area contributed by atoms with Crippen LogP contribution in [0, 0.1) is 0 Å². The molecule has 0 saturated carbocycles. The van der Waals surface area contributed by atoms with Crippen LogP contribution in [-0.4, -0.2) is 52.3 Å². The van der Waals surface area contributed by atoms with Crippen molar-refractivity contribution in [3.05, 3.63) is 36.4 Å². The summed E-state index contributed by atoms with van der Waals surface area (Å²) in [6.45, 7) is 5.74. The minimum Gasteiger partial charge on any atom is -0.372 e. The molecule has 0 aliphatic carbocycles. The first-order valence-corrected chi connectivity index (χ1v) is 8.78. The van der Waals surface area contributed by atoms with Gasteiger partial charge in [0, 0.05) is 43.5 Å². The molecule has 2 N–H and O–H groups in total. The number of rotatable bonds is 4. The van der Waals surface area contributed by atoms with Crippen molar-refractivity contribution in [3.8, 4) is 0 Å². The maximum Gasteiger partial charge on any atom is 0.321 e. The molecule has 25 heavy (non-hydrogen) atoms. The van der Waals surface area contributed by atoms with Crippen LogP contribution in [0.5, 0.6) is 0 Å². The number of hydrogen-bond donors (Lipinski definition) is 2. The van der Waals surface area contributed by atoms with E-state index in [9.17, 15) is 4.79 Å². The SMILES string of the molecule is CC(C)N(C)c1cccc(NC(=O)N2CCC(c3ncn[nH]3)CC2)c1. The second-order valence-electron chi connectivity index (χ2n) is 6.82. The Labute approximate surface area is 148 Å². The Morgan fingerprint density at radius 3 is 2.76 bits per heavy atom.